The number of aromatic amines is 1. The zero-order chi connectivity index (χ0) is 21.0. The van der Waals surface area contributed by atoms with Gasteiger partial charge in [-0.3, -0.25) is 10.1 Å². The van der Waals surface area contributed by atoms with Gasteiger partial charge in [0.2, 0.25) is 0 Å². The van der Waals surface area contributed by atoms with Gasteiger partial charge in [0.25, 0.3) is 5.69 Å². The average Bonchev–Trinajstić information content (AvgIpc) is 3.13. The number of H-pyrrole nitrogens is 1. The Morgan fingerprint density at radius 2 is 2.03 bits per heavy atom. The SMILES string of the molecule is COC(=O)/C=C/c1ccc(N[C@H](c2nc3ccccc3[nH]2)C(C)C)c([N+](=O)[O-])c1. The second-order valence-electron chi connectivity index (χ2n) is 6.90. The van der Waals surface area contributed by atoms with Crippen molar-refractivity contribution in [1.82, 2.24) is 9.97 Å². The highest BCUT2D eigenvalue weighted by Crippen LogP contribution is 2.32. The fraction of sp³-hybridized carbons (Fsp3) is 0.238. The van der Waals surface area contributed by atoms with E-state index in [0.29, 0.717) is 17.1 Å². The van der Waals surface area contributed by atoms with Crippen LogP contribution >= 0.6 is 0 Å². The molecule has 1 aromatic heterocycles. The monoisotopic (exact) mass is 394 g/mol. The van der Waals surface area contributed by atoms with Gasteiger partial charge in [-0.25, -0.2) is 9.78 Å². The number of nitrogens with zero attached hydrogens (tertiary/aromatic N) is 2. The van der Waals surface area contributed by atoms with Crippen LogP contribution in [0.2, 0.25) is 0 Å². The highest BCUT2D eigenvalue weighted by molar-refractivity contribution is 5.87. The van der Waals surface area contributed by atoms with Crippen molar-refractivity contribution in [3.8, 4) is 0 Å². The Morgan fingerprint density at radius 1 is 1.28 bits per heavy atom. The molecule has 2 N–H and O–H groups in total. The fourth-order valence-corrected chi connectivity index (χ4v) is 3.00. The normalized spacial score (nSPS) is 12.4. The summed E-state index contributed by atoms with van der Waals surface area (Å²) in [7, 11) is 1.27. The van der Waals surface area contributed by atoms with Gasteiger partial charge in [0.05, 0.1) is 29.1 Å². The number of aromatic nitrogens is 2. The molecule has 3 rings (SSSR count). The van der Waals surface area contributed by atoms with E-state index in [4.69, 9.17) is 0 Å². The van der Waals surface area contributed by atoms with E-state index in [0.717, 1.165) is 11.0 Å². The van der Waals surface area contributed by atoms with Crippen LogP contribution in [0.25, 0.3) is 17.1 Å². The first-order chi connectivity index (χ1) is 13.9. The molecule has 1 heterocycles. The lowest BCUT2D eigenvalue weighted by molar-refractivity contribution is -0.384. The third-order valence-electron chi connectivity index (χ3n) is 4.51. The van der Waals surface area contributed by atoms with Gasteiger partial charge in [-0.05, 0) is 35.8 Å². The molecule has 0 aliphatic carbocycles. The first kappa shape index (κ1) is 20.1. The molecule has 0 bridgehead atoms. The molecule has 8 heteroatoms. The van der Waals surface area contributed by atoms with Gasteiger partial charge in [-0.15, -0.1) is 0 Å². The van der Waals surface area contributed by atoms with Gasteiger partial charge >= 0.3 is 5.97 Å². The summed E-state index contributed by atoms with van der Waals surface area (Å²) in [6.07, 6.45) is 2.69. The van der Waals surface area contributed by atoms with E-state index in [9.17, 15) is 14.9 Å². The van der Waals surface area contributed by atoms with Crippen LogP contribution in [0.15, 0.2) is 48.5 Å². The number of carbonyl (C=O) groups excluding carboxylic acids is 1. The van der Waals surface area contributed by atoms with E-state index in [2.05, 4.69) is 20.0 Å². The topological polar surface area (TPSA) is 110 Å². The van der Waals surface area contributed by atoms with Gasteiger partial charge in [0.15, 0.2) is 0 Å². The van der Waals surface area contributed by atoms with E-state index >= 15 is 0 Å². The molecule has 0 aliphatic rings. The molecular weight excluding hydrogens is 372 g/mol. The largest absolute Gasteiger partial charge is 0.466 e. The van der Waals surface area contributed by atoms with Crippen molar-refractivity contribution in [1.29, 1.82) is 0 Å². The quantitative estimate of drug-likeness (QED) is 0.265. The minimum atomic E-state index is -0.528. The van der Waals surface area contributed by atoms with Gasteiger partial charge < -0.3 is 15.0 Å². The summed E-state index contributed by atoms with van der Waals surface area (Å²) < 4.78 is 4.54. The molecular formula is C21H22N4O4. The summed E-state index contributed by atoms with van der Waals surface area (Å²) >= 11 is 0. The van der Waals surface area contributed by atoms with Crippen molar-refractivity contribution in [3.05, 3.63) is 70.0 Å². The smallest absolute Gasteiger partial charge is 0.330 e. The van der Waals surface area contributed by atoms with Crippen LogP contribution in [-0.2, 0) is 9.53 Å². The predicted molar refractivity (Wildman–Crippen MR) is 111 cm³/mol. The number of anilines is 1. The number of hydrogen-bond acceptors (Lipinski definition) is 6. The van der Waals surface area contributed by atoms with Gasteiger partial charge in [-0.2, -0.15) is 0 Å². The molecule has 1 atom stereocenters. The molecule has 2 aromatic carbocycles. The van der Waals surface area contributed by atoms with Gasteiger partial charge in [0.1, 0.15) is 11.5 Å². The van der Waals surface area contributed by atoms with Crippen molar-refractivity contribution in [2.45, 2.75) is 19.9 Å². The zero-order valence-electron chi connectivity index (χ0n) is 16.4. The summed E-state index contributed by atoms with van der Waals surface area (Å²) in [4.78, 5) is 30.4. The van der Waals surface area contributed by atoms with Crippen LogP contribution in [-0.4, -0.2) is 28.0 Å². The Balaban J connectivity index is 1.94. The summed E-state index contributed by atoms with van der Waals surface area (Å²) in [5.41, 5.74) is 2.57. The van der Waals surface area contributed by atoms with Crippen LogP contribution in [0, 0.1) is 16.0 Å². The van der Waals surface area contributed by atoms with Crippen LogP contribution in [0.5, 0.6) is 0 Å². The maximum atomic E-state index is 11.6. The highest BCUT2D eigenvalue weighted by Gasteiger charge is 2.23. The van der Waals surface area contributed by atoms with Crippen LogP contribution in [0.1, 0.15) is 31.3 Å². The Morgan fingerprint density at radius 3 is 2.69 bits per heavy atom. The summed E-state index contributed by atoms with van der Waals surface area (Å²) in [6.45, 7) is 4.04. The second kappa shape index (κ2) is 8.55. The number of benzene rings is 2. The van der Waals surface area contributed by atoms with Gasteiger partial charge in [-0.1, -0.05) is 32.0 Å². The average molecular weight is 394 g/mol. The van der Waals surface area contributed by atoms with Crippen molar-refractivity contribution in [2.75, 3.05) is 12.4 Å². The Hall–Kier alpha value is -3.68. The zero-order valence-corrected chi connectivity index (χ0v) is 16.4. The van der Waals surface area contributed by atoms with Gasteiger partial charge in [0, 0.05) is 12.1 Å². The number of imidazole rings is 1. The van der Waals surface area contributed by atoms with E-state index in [1.54, 1.807) is 12.1 Å². The number of rotatable bonds is 7. The van der Waals surface area contributed by atoms with Crippen molar-refractivity contribution >= 4 is 34.5 Å². The molecule has 0 radical (unpaired) electrons. The minimum absolute atomic E-state index is 0.0845. The molecule has 0 saturated carbocycles. The molecule has 150 valence electrons. The molecule has 0 saturated heterocycles. The molecule has 3 aromatic rings. The minimum Gasteiger partial charge on any atom is -0.466 e. The van der Waals surface area contributed by atoms with Crippen molar-refractivity contribution in [3.63, 3.8) is 0 Å². The number of nitrogens with one attached hydrogen (secondary N) is 2. The Kier molecular flexibility index (Phi) is 5.92. The number of ether oxygens (including phenoxy) is 1. The number of fused-ring (bicyclic) bond motifs is 1. The number of esters is 1. The molecule has 0 amide bonds. The summed E-state index contributed by atoms with van der Waals surface area (Å²) in [5.74, 6) is 0.304. The third-order valence-corrected chi connectivity index (χ3v) is 4.51. The second-order valence-corrected chi connectivity index (χ2v) is 6.90. The van der Waals surface area contributed by atoms with Crippen LogP contribution in [0.3, 0.4) is 0 Å². The van der Waals surface area contributed by atoms with E-state index in [1.807, 2.05) is 38.1 Å². The summed E-state index contributed by atoms with van der Waals surface area (Å²) in [6, 6.07) is 12.2. The predicted octanol–water partition coefficient (Wildman–Crippen LogP) is 4.47. The number of hydrogen-bond donors (Lipinski definition) is 2. The molecule has 0 spiro atoms. The molecule has 0 fully saturated rings. The maximum absolute atomic E-state index is 11.6. The first-order valence-corrected chi connectivity index (χ1v) is 9.14. The lowest BCUT2D eigenvalue weighted by atomic mass is 10.0. The number of carbonyl (C=O) groups is 1. The lowest BCUT2D eigenvalue weighted by Gasteiger charge is -2.21. The molecule has 8 nitrogen and oxygen atoms in total. The van der Waals surface area contributed by atoms with Crippen LogP contribution in [0.4, 0.5) is 11.4 Å². The standard InChI is InChI=1S/C21H22N4O4/c1-13(2)20(21-23-15-6-4-5-7-16(15)24-21)22-17-10-8-14(9-11-19(26)29-3)12-18(17)25(27)28/h4-13,20,22H,1-3H3,(H,23,24)/b11-9+/t20-/m0/s1. The van der Waals surface area contributed by atoms with Crippen molar-refractivity contribution in [2.24, 2.45) is 5.92 Å². The lowest BCUT2D eigenvalue weighted by Crippen LogP contribution is -2.19. The number of nitro benzene ring substituents is 1. The van der Waals surface area contributed by atoms with E-state index < -0.39 is 10.9 Å². The Labute approximate surface area is 167 Å². The van der Waals surface area contributed by atoms with Crippen molar-refractivity contribution < 1.29 is 14.5 Å². The fourth-order valence-electron chi connectivity index (χ4n) is 3.00. The summed E-state index contributed by atoms with van der Waals surface area (Å²) in [5, 5.41) is 14.9. The first-order valence-electron chi connectivity index (χ1n) is 9.14. The Bertz CT molecular complexity index is 1040. The van der Waals surface area contributed by atoms with E-state index in [1.165, 1.54) is 25.3 Å². The third kappa shape index (κ3) is 4.60. The molecule has 0 unspecified atom stereocenters. The molecule has 29 heavy (non-hydrogen) atoms. The molecule has 0 aliphatic heterocycles. The number of para-hydroxylation sites is 2. The number of nitro groups is 1. The maximum Gasteiger partial charge on any atom is 0.330 e. The number of methoxy groups -OCH3 is 1. The van der Waals surface area contributed by atoms with E-state index in [-0.39, 0.29) is 17.6 Å². The highest BCUT2D eigenvalue weighted by atomic mass is 16.6. The van der Waals surface area contributed by atoms with Crippen LogP contribution < -0.4 is 5.32 Å².